The highest BCUT2D eigenvalue weighted by atomic mass is 15.0. The molecule has 1 aromatic rings. The van der Waals surface area contributed by atoms with Gasteiger partial charge >= 0.3 is 0 Å². The van der Waals surface area contributed by atoms with Crippen LogP contribution in [0.3, 0.4) is 0 Å². The van der Waals surface area contributed by atoms with E-state index in [2.05, 4.69) is 29.5 Å². The molecule has 0 saturated heterocycles. The predicted molar refractivity (Wildman–Crippen MR) is 96.6 cm³/mol. The highest BCUT2D eigenvalue weighted by Gasteiger charge is 2.28. The summed E-state index contributed by atoms with van der Waals surface area (Å²) in [5.41, 5.74) is 4.22. The molecule has 0 bridgehead atoms. The lowest BCUT2D eigenvalue weighted by Crippen LogP contribution is -2.37. The van der Waals surface area contributed by atoms with Crippen LogP contribution in [0.15, 0.2) is 30.4 Å². The molecule has 0 spiro atoms. The fourth-order valence-electron chi connectivity index (χ4n) is 2.32. The van der Waals surface area contributed by atoms with Gasteiger partial charge in [-0.05, 0) is 46.6 Å². The maximum absolute atomic E-state index is 9.27. The lowest BCUT2D eigenvalue weighted by atomic mass is 9.87. The summed E-state index contributed by atoms with van der Waals surface area (Å²) in [7, 11) is 0. The molecule has 4 nitrogen and oxygen atoms in total. The SMILES string of the molecule is C=C/C(=N\c1c(C(=C)NC(C)C(C)(C)C#N)c[nH]c1C)C1CC1. The van der Waals surface area contributed by atoms with Crippen LogP contribution in [-0.4, -0.2) is 16.7 Å². The van der Waals surface area contributed by atoms with Gasteiger partial charge in [0.2, 0.25) is 0 Å². The van der Waals surface area contributed by atoms with Crippen LogP contribution in [0.2, 0.25) is 0 Å². The minimum atomic E-state index is -0.474. The van der Waals surface area contributed by atoms with Crippen molar-refractivity contribution in [1.82, 2.24) is 10.3 Å². The molecular formula is C19H26N4. The normalized spacial score (nSPS) is 16.6. The van der Waals surface area contributed by atoms with E-state index < -0.39 is 5.41 Å². The summed E-state index contributed by atoms with van der Waals surface area (Å²) in [6, 6.07) is 2.31. The quantitative estimate of drug-likeness (QED) is 0.729. The van der Waals surface area contributed by atoms with Crippen LogP contribution in [-0.2, 0) is 0 Å². The molecule has 1 aliphatic carbocycles. The highest BCUT2D eigenvalue weighted by Crippen LogP contribution is 2.35. The number of hydrogen-bond donors (Lipinski definition) is 2. The van der Waals surface area contributed by atoms with E-state index in [4.69, 9.17) is 4.99 Å². The van der Waals surface area contributed by atoms with Crippen molar-refractivity contribution in [3.05, 3.63) is 36.7 Å². The predicted octanol–water partition coefficient (Wildman–Crippen LogP) is 4.49. The van der Waals surface area contributed by atoms with Crippen LogP contribution in [0.1, 0.15) is 44.9 Å². The first-order chi connectivity index (χ1) is 10.8. The molecule has 1 fully saturated rings. The number of aromatic amines is 1. The number of rotatable bonds is 7. The Labute approximate surface area is 139 Å². The zero-order chi connectivity index (χ0) is 17.2. The molecule has 2 rings (SSSR count). The molecule has 0 amide bonds. The molecule has 0 aromatic carbocycles. The number of aromatic nitrogens is 1. The summed E-state index contributed by atoms with van der Waals surface area (Å²) < 4.78 is 0. The molecular weight excluding hydrogens is 284 g/mol. The fourth-order valence-corrected chi connectivity index (χ4v) is 2.32. The minimum Gasteiger partial charge on any atom is -0.381 e. The van der Waals surface area contributed by atoms with Gasteiger partial charge in [0.15, 0.2) is 0 Å². The van der Waals surface area contributed by atoms with Crippen molar-refractivity contribution in [1.29, 1.82) is 5.26 Å². The number of allylic oxidation sites excluding steroid dienone is 1. The maximum Gasteiger partial charge on any atom is 0.0930 e. The molecule has 1 aromatic heterocycles. The zero-order valence-electron chi connectivity index (χ0n) is 14.5. The third-order valence-corrected chi connectivity index (χ3v) is 4.58. The van der Waals surface area contributed by atoms with Crippen LogP contribution >= 0.6 is 0 Å². The van der Waals surface area contributed by atoms with Gasteiger partial charge in [-0.25, -0.2) is 0 Å². The number of aliphatic imine (C=N–C) groups is 1. The smallest absolute Gasteiger partial charge is 0.0930 e. The Morgan fingerprint density at radius 2 is 2.22 bits per heavy atom. The van der Waals surface area contributed by atoms with Crippen molar-refractivity contribution in [3.63, 3.8) is 0 Å². The molecule has 122 valence electrons. The lowest BCUT2D eigenvalue weighted by Gasteiger charge is -2.27. The van der Waals surface area contributed by atoms with Gasteiger partial charge in [-0.2, -0.15) is 5.26 Å². The Balaban J connectivity index is 2.26. The third-order valence-electron chi connectivity index (χ3n) is 4.58. The second-order valence-electron chi connectivity index (χ2n) is 6.87. The van der Waals surface area contributed by atoms with Gasteiger partial charge in [0.1, 0.15) is 0 Å². The van der Waals surface area contributed by atoms with Crippen LogP contribution in [0.25, 0.3) is 5.70 Å². The van der Waals surface area contributed by atoms with Gasteiger partial charge < -0.3 is 10.3 Å². The molecule has 1 saturated carbocycles. The topological polar surface area (TPSA) is 64.0 Å². The number of nitriles is 1. The summed E-state index contributed by atoms with van der Waals surface area (Å²) in [4.78, 5) is 8.04. The third kappa shape index (κ3) is 3.73. The van der Waals surface area contributed by atoms with E-state index in [9.17, 15) is 5.26 Å². The van der Waals surface area contributed by atoms with Crippen LogP contribution in [0.4, 0.5) is 5.69 Å². The largest absolute Gasteiger partial charge is 0.381 e. The lowest BCUT2D eigenvalue weighted by molar-refractivity contribution is 0.374. The van der Waals surface area contributed by atoms with Crippen LogP contribution in [0, 0.1) is 29.6 Å². The summed E-state index contributed by atoms with van der Waals surface area (Å²) in [5.74, 6) is 0.548. The van der Waals surface area contributed by atoms with E-state index in [0.29, 0.717) is 5.92 Å². The number of aryl methyl sites for hydroxylation is 1. The number of H-pyrrole nitrogens is 1. The Morgan fingerprint density at radius 3 is 2.74 bits per heavy atom. The van der Waals surface area contributed by atoms with Gasteiger partial charge in [-0.15, -0.1) is 0 Å². The molecule has 1 heterocycles. The van der Waals surface area contributed by atoms with Gasteiger partial charge in [-0.1, -0.05) is 13.2 Å². The summed E-state index contributed by atoms with van der Waals surface area (Å²) in [5, 5.41) is 12.6. The van der Waals surface area contributed by atoms with Crippen molar-refractivity contribution in [3.8, 4) is 6.07 Å². The summed E-state index contributed by atoms with van der Waals surface area (Å²) in [6.07, 6.45) is 6.15. The van der Waals surface area contributed by atoms with Crippen molar-refractivity contribution >= 4 is 17.1 Å². The monoisotopic (exact) mass is 310 g/mol. The zero-order valence-corrected chi connectivity index (χ0v) is 14.5. The second kappa shape index (κ2) is 6.45. The molecule has 4 heteroatoms. The fraction of sp³-hybridized carbons (Fsp3) is 0.474. The van der Waals surface area contributed by atoms with E-state index in [0.717, 1.165) is 28.4 Å². The first-order valence-electron chi connectivity index (χ1n) is 8.06. The first kappa shape index (κ1) is 17.1. The van der Waals surface area contributed by atoms with Gasteiger partial charge in [0.05, 0.1) is 17.2 Å². The Bertz CT molecular complexity index is 681. The Kier molecular flexibility index (Phi) is 4.79. The Hall–Kier alpha value is -2.28. The molecule has 1 atom stereocenters. The van der Waals surface area contributed by atoms with Crippen LogP contribution in [0.5, 0.6) is 0 Å². The average molecular weight is 310 g/mol. The van der Waals surface area contributed by atoms with E-state index in [1.807, 2.05) is 40.0 Å². The van der Waals surface area contributed by atoms with E-state index in [1.54, 1.807) is 0 Å². The minimum absolute atomic E-state index is 0.0191. The molecule has 23 heavy (non-hydrogen) atoms. The van der Waals surface area contributed by atoms with Gasteiger partial charge in [-0.3, -0.25) is 4.99 Å². The van der Waals surface area contributed by atoms with E-state index in [-0.39, 0.29) is 6.04 Å². The number of hydrogen-bond acceptors (Lipinski definition) is 3. The summed E-state index contributed by atoms with van der Waals surface area (Å²) >= 11 is 0. The van der Waals surface area contributed by atoms with Crippen molar-refractivity contribution in [2.45, 2.75) is 46.6 Å². The molecule has 1 aliphatic rings. The Morgan fingerprint density at radius 1 is 1.57 bits per heavy atom. The summed E-state index contributed by atoms with van der Waals surface area (Å²) in [6.45, 7) is 15.9. The van der Waals surface area contributed by atoms with Crippen molar-refractivity contribution in [2.24, 2.45) is 16.3 Å². The number of nitrogens with one attached hydrogen (secondary N) is 2. The number of nitrogens with zero attached hydrogens (tertiary/aromatic N) is 2. The van der Waals surface area contributed by atoms with Gasteiger partial charge in [0, 0.05) is 40.8 Å². The molecule has 0 aliphatic heterocycles. The maximum atomic E-state index is 9.27. The van der Waals surface area contributed by atoms with Gasteiger partial charge in [0.25, 0.3) is 0 Å². The highest BCUT2D eigenvalue weighted by molar-refractivity contribution is 6.00. The first-order valence-corrected chi connectivity index (χ1v) is 8.06. The van der Waals surface area contributed by atoms with E-state index >= 15 is 0 Å². The second-order valence-corrected chi connectivity index (χ2v) is 6.87. The van der Waals surface area contributed by atoms with E-state index in [1.165, 1.54) is 12.8 Å². The van der Waals surface area contributed by atoms with Crippen molar-refractivity contribution < 1.29 is 0 Å². The molecule has 0 radical (unpaired) electrons. The van der Waals surface area contributed by atoms with Crippen LogP contribution < -0.4 is 5.32 Å². The van der Waals surface area contributed by atoms with Crippen molar-refractivity contribution in [2.75, 3.05) is 0 Å². The molecule has 1 unspecified atom stereocenters. The average Bonchev–Trinajstić information content (AvgIpc) is 3.29. The molecule has 2 N–H and O–H groups in total. The standard InChI is InChI=1S/C19H26N4/c1-7-17(15-8-9-15)23-18-13(3)21-10-16(18)12(2)22-14(4)19(5,6)11-20/h7,10,14-15,21-22H,1-2,8-9H2,3-6H3/b23-17+.